The van der Waals surface area contributed by atoms with Crippen LogP contribution in [0.15, 0.2) is 18.2 Å². The van der Waals surface area contributed by atoms with Crippen molar-refractivity contribution in [2.24, 2.45) is 0 Å². The summed E-state index contributed by atoms with van der Waals surface area (Å²) in [7, 11) is 1.72. The van der Waals surface area contributed by atoms with E-state index in [0.717, 1.165) is 25.2 Å². The van der Waals surface area contributed by atoms with Gasteiger partial charge < -0.3 is 5.32 Å². The molecule has 0 saturated heterocycles. The maximum Gasteiger partial charge on any atom is 0.292 e. The third-order valence-corrected chi connectivity index (χ3v) is 3.59. The predicted octanol–water partition coefficient (Wildman–Crippen LogP) is 4.04. The first kappa shape index (κ1) is 17.4. The normalized spacial score (nSPS) is 10.9. The third-order valence-electron chi connectivity index (χ3n) is 3.59. The standard InChI is InChI=1S/C16H27N3O2/c1-4-6-10-18(11-7-5-2)13-14-8-9-16(19(20)21)15(12-14)17-3/h8-9,12,17H,4-7,10-11,13H2,1-3H3. The van der Waals surface area contributed by atoms with Gasteiger partial charge in [-0.25, -0.2) is 0 Å². The van der Waals surface area contributed by atoms with Gasteiger partial charge in [-0.1, -0.05) is 32.8 Å². The van der Waals surface area contributed by atoms with Crippen LogP contribution in [0.1, 0.15) is 45.1 Å². The molecule has 118 valence electrons. The van der Waals surface area contributed by atoms with Gasteiger partial charge >= 0.3 is 0 Å². The van der Waals surface area contributed by atoms with E-state index in [1.165, 1.54) is 25.7 Å². The summed E-state index contributed by atoms with van der Waals surface area (Å²) in [6, 6.07) is 5.35. The Balaban J connectivity index is 2.79. The average Bonchev–Trinajstić information content (AvgIpc) is 2.49. The van der Waals surface area contributed by atoms with E-state index >= 15 is 0 Å². The fourth-order valence-electron chi connectivity index (χ4n) is 2.33. The molecular formula is C16H27N3O2. The highest BCUT2D eigenvalue weighted by molar-refractivity contribution is 5.62. The van der Waals surface area contributed by atoms with E-state index in [2.05, 4.69) is 24.1 Å². The summed E-state index contributed by atoms with van der Waals surface area (Å²) < 4.78 is 0. The van der Waals surface area contributed by atoms with Gasteiger partial charge in [-0.05, 0) is 37.6 Å². The van der Waals surface area contributed by atoms with Crippen molar-refractivity contribution in [2.75, 3.05) is 25.5 Å². The Hall–Kier alpha value is -1.62. The second kappa shape index (κ2) is 9.34. The molecule has 1 rings (SSSR count). The fraction of sp³-hybridized carbons (Fsp3) is 0.625. The summed E-state index contributed by atoms with van der Waals surface area (Å²) in [5.41, 5.74) is 1.84. The highest BCUT2D eigenvalue weighted by atomic mass is 16.6. The molecule has 0 unspecified atom stereocenters. The first-order chi connectivity index (χ1) is 10.1. The van der Waals surface area contributed by atoms with Gasteiger partial charge in [-0.15, -0.1) is 0 Å². The third kappa shape index (κ3) is 5.71. The molecule has 0 amide bonds. The molecule has 0 saturated carbocycles. The van der Waals surface area contributed by atoms with E-state index in [4.69, 9.17) is 0 Å². The van der Waals surface area contributed by atoms with Crippen LogP contribution in [0.25, 0.3) is 0 Å². The van der Waals surface area contributed by atoms with Gasteiger partial charge in [0.15, 0.2) is 0 Å². The van der Waals surface area contributed by atoms with E-state index < -0.39 is 0 Å². The number of rotatable bonds is 10. The molecule has 1 aromatic carbocycles. The molecule has 1 N–H and O–H groups in total. The molecule has 0 aliphatic rings. The second-order valence-corrected chi connectivity index (χ2v) is 5.34. The van der Waals surface area contributed by atoms with Crippen LogP contribution in [-0.2, 0) is 6.54 Å². The molecule has 1 aromatic rings. The lowest BCUT2D eigenvalue weighted by Gasteiger charge is -2.22. The number of nitrogens with zero attached hydrogens (tertiary/aromatic N) is 2. The molecular weight excluding hydrogens is 266 g/mol. The minimum atomic E-state index is -0.346. The zero-order valence-electron chi connectivity index (χ0n) is 13.4. The van der Waals surface area contributed by atoms with Crippen LogP contribution >= 0.6 is 0 Å². The van der Waals surface area contributed by atoms with Crippen molar-refractivity contribution in [1.82, 2.24) is 4.90 Å². The summed E-state index contributed by atoms with van der Waals surface area (Å²) in [6.45, 7) is 7.42. The quantitative estimate of drug-likeness (QED) is 0.522. The van der Waals surface area contributed by atoms with Crippen LogP contribution in [0, 0.1) is 10.1 Å². The molecule has 0 radical (unpaired) electrons. The lowest BCUT2D eigenvalue weighted by molar-refractivity contribution is -0.384. The molecule has 5 nitrogen and oxygen atoms in total. The Kier molecular flexibility index (Phi) is 7.75. The van der Waals surface area contributed by atoms with Gasteiger partial charge in [0.05, 0.1) is 4.92 Å². The number of nitro groups is 1. The summed E-state index contributed by atoms with van der Waals surface area (Å²) in [5.74, 6) is 0. The molecule has 0 aliphatic heterocycles. The Morgan fingerprint density at radius 3 is 2.29 bits per heavy atom. The Labute approximate surface area is 127 Å². The monoisotopic (exact) mass is 293 g/mol. The molecule has 0 aromatic heterocycles. The Morgan fingerprint density at radius 2 is 1.81 bits per heavy atom. The van der Waals surface area contributed by atoms with Crippen LogP contribution in [0.4, 0.5) is 11.4 Å². The first-order valence-corrected chi connectivity index (χ1v) is 7.79. The SMILES string of the molecule is CCCCN(CCCC)Cc1ccc([N+](=O)[O-])c(NC)c1. The Bertz CT molecular complexity index is 441. The van der Waals surface area contributed by atoms with Crippen molar-refractivity contribution in [3.8, 4) is 0 Å². The van der Waals surface area contributed by atoms with Crippen molar-refractivity contribution in [3.63, 3.8) is 0 Å². The maximum atomic E-state index is 11.0. The average molecular weight is 293 g/mol. The molecule has 0 fully saturated rings. The zero-order chi connectivity index (χ0) is 15.7. The lowest BCUT2D eigenvalue weighted by Crippen LogP contribution is -2.25. The smallest absolute Gasteiger partial charge is 0.292 e. The van der Waals surface area contributed by atoms with Gasteiger partial charge in [-0.3, -0.25) is 15.0 Å². The van der Waals surface area contributed by atoms with Crippen LogP contribution < -0.4 is 5.32 Å². The number of hydrogen-bond acceptors (Lipinski definition) is 4. The lowest BCUT2D eigenvalue weighted by atomic mass is 10.1. The minimum Gasteiger partial charge on any atom is -0.383 e. The van der Waals surface area contributed by atoms with Gasteiger partial charge in [-0.2, -0.15) is 0 Å². The second-order valence-electron chi connectivity index (χ2n) is 5.34. The number of nitro benzene ring substituents is 1. The van der Waals surface area contributed by atoms with E-state index in [9.17, 15) is 10.1 Å². The number of unbranched alkanes of at least 4 members (excludes halogenated alkanes) is 2. The van der Waals surface area contributed by atoms with Gasteiger partial charge in [0.25, 0.3) is 5.69 Å². The maximum absolute atomic E-state index is 11.0. The molecule has 0 spiro atoms. The molecule has 5 heteroatoms. The van der Waals surface area contributed by atoms with Gasteiger partial charge in [0.2, 0.25) is 0 Å². The molecule has 0 aliphatic carbocycles. The van der Waals surface area contributed by atoms with Gasteiger partial charge in [0, 0.05) is 19.7 Å². The number of hydrogen-bond donors (Lipinski definition) is 1. The van der Waals surface area contributed by atoms with Crippen molar-refractivity contribution >= 4 is 11.4 Å². The summed E-state index contributed by atoms with van der Waals surface area (Å²) >= 11 is 0. The topological polar surface area (TPSA) is 58.4 Å². The van der Waals surface area contributed by atoms with Crippen LogP contribution in [0.2, 0.25) is 0 Å². The van der Waals surface area contributed by atoms with Crippen LogP contribution in [-0.4, -0.2) is 30.0 Å². The fourth-order valence-corrected chi connectivity index (χ4v) is 2.33. The van der Waals surface area contributed by atoms with Crippen molar-refractivity contribution < 1.29 is 4.92 Å². The molecule has 21 heavy (non-hydrogen) atoms. The molecule has 0 atom stereocenters. The molecule has 0 bridgehead atoms. The number of anilines is 1. The predicted molar refractivity (Wildman–Crippen MR) is 87.7 cm³/mol. The van der Waals surface area contributed by atoms with Crippen molar-refractivity contribution in [3.05, 3.63) is 33.9 Å². The summed E-state index contributed by atoms with van der Waals surface area (Å²) in [5, 5.41) is 13.9. The number of nitrogens with one attached hydrogen (secondary N) is 1. The summed E-state index contributed by atoms with van der Waals surface area (Å²) in [4.78, 5) is 13.0. The first-order valence-electron chi connectivity index (χ1n) is 7.79. The van der Waals surface area contributed by atoms with Crippen molar-refractivity contribution in [1.29, 1.82) is 0 Å². The summed E-state index contributed by atoms with van der Waals surface area (Å²) in [6.07, 6.45) is 4.75. The van der Waals surface area contributed by atoms with E-state index in [-0.39, 0.29) is 10.6 Å². The highest BCUT2D eigenvalue weighted by Crippen LogP contribution is 2.25. The van der Waals surface area contributed by atoms with E-state index in [1.54, 1.807) is 13.1 Å². The van der Waals surface area contributed by atoms with E-state index in [1.807, 2.05) is 12.1 Å². The Morgan fingerprint density at radius 1 is 1.19 bits per heavy atom. The molecule has 0 heterocycles. The van der Waals surface area contributed by atoms with Crippen LogP contribution in [0.3, 0.4) is 0 Å². The zero-order valence-corrected chi connectivity index (χ0v) is 13.4. The minimum absolute atomic E-state index is 0.134. The number of benzene rings is 1. The van der Waals surface area contributed by atoms with Gasteiger partial charge in [0.1, 0.15) is 5.69 Å². The van der Waals surface area contributed by atoms with Crippen LogP contribution in [0.5, 0.6) is 0 Å². The largest absolute Gasteiger partial charge is 0.383 e. The highest BCUT2D eigenvalue weighted by Gasteiger charge is 2.14. The van der Waals surface area contributed by atoms with E-state index in [0.29, 0.717) is 5.69 Å². The van der Waals surface area contributed by atoms with Crippen molar-refractivity contribution in [2.45, 2.75) is 46.1 Å².